The molecule has 0 amide bonds. The van der Waals surface area contributed by atoms with Crippen LogP contribution in [0, 0.1) is 25.7 Å². The van der Waals surface area contributed by atoms with E-state index in [1.54, 1.807) is 0 Å². The maximum absolute atomic E-state index is 3.50. The molecule has 0 spiro atoms. The molecule has 0 saturated heterocycles. The van der Waals surface area contributed by atoms with Crippen molar-refractivity contribution in [1.82, 2.24) is 0 Å². The highest BCUT2D eigenvalue weighted by atomic mass is 28.3. The van der Waals surface area contributed by atoms with Gasteiger partial charge in [-0.2, -0.15) is 0 Å². The number of rotatable bonds is 8. The van der Waals surface area contributed by atoms with Crippen LogP contribution in [-0.4, -0.2) is 16.1 Å². The summed E-state index contributed by atoms with van der Waals surface area (Å²) in [6.07, 6.45) is 0. The Morgan fingerprint density at radius 1 is 0.241 bits per heavy atom. The first-order valence-corrected chi connectivity index (χ1v) is 22.7. The highest BCUT2D eigenvalue weighted by Gasteiger charge is 2.42. The minimum Gasteiger partial charge on any atom is -0.0623 e. The van der Waals surface area contributed by atoms with Crippen molar-refractivity contribution in [3.63, 3.8) is 0 Å². The fourth-order valence-electron chi connectivity index (χ4n) is 8.11. The summed E-state index contributed by atoms with van der Waals surface area (Å²) in [7, 11) is -5.18. The van der Waals surface area contributed by atoms with Crippen molar-refractivity contribution < 1.29 is 0 Å². The highest BCUT2D eigenvalue weighted by molar-refractivity contribution is 7.20. The van der Waals surface area contributed by atoms with Crippen LogP contribution in [0.5, 0.6) is 0 Å². The summed E-state index contributed by atoms with van der Waals surface area (Å²) in [6, 6.07) is 80.8. The second-order valence-electron chi connectivity index (χ2n) is 14.1. The maximum atomic E-state index is 3.50. The zero-order valence-electron chi connectivity index (χ0n) is 30.8. The van der Waals surface area contributed by atoms with Gasteiger partial charge < -0.3 is 0 Å². The molecule has 0 aliphatic heterocycles. The molecule has 0 aliphatic rings. The van der Waals surface area contributed by atoms with E-state index in [4.69, 9.17) is 0 Å². The van der Waals surface area contributed by atoms with E-state index in [9.17, 15) is 0 Å². The zero-order valence-corrected chi connectivity index (χ0v) is 32.8. The molecule has 54 heavy (non-hydrogen) atoms. The summed E-state index contributed by atoms with van der Waals surface area (Å²) < 4.78 is 0. The average molecular weight is 723 g/mol. The summed E-state index contributed by atoms with van der Waals surface area (Å²) in [5.74, 6) is 7.01. The first kappa shape index (κ1) is 34.8. The lowest BCUT2D eigenvalue weighted by Gasteiger charge is -2.34. The Balaban J connectivity index is 1.18. The molecule has 0 aliphatic carbocycles. The Morgan fingerprint density at radius 2 is 0.444 bits per heavy atom. The molecule has 0 bridgehead atoms. The van der Waals surface area contributed by atoms with E-state index in [0.717, 1.165) is 11.1 Å². The Labute approximate surface area is 322 Å². The average Bonchev–Trinajstić information content (AvgIpc) is 3.24. The van der Waals surface area contributed by atoms with Crippen LogP contribution in [-0.2, 0) is 0 Å². The highest BCUT2D eigenvalue weighted by Crippen LogP contribution is 2.13. The monoisotopic (exact) mass is 722 g/mol. The van der Waals surface area contributed by atoms with Gasteiger partial charge in [0.2, 0.25) is 0 Å². The van der Waals surface area contributed by atoms with Gasteiger partial charge in [0.25, 0.3) is 0 Å². The predicted molar refractivity (Wildman–Crippen MR) is 236 cm³/mol. The van der Waals surface area contributed by atoms with Gasteiger partial charge >= 0.3 is 0 Å². The lowest BCUT2D eigenvalue weighted by molar-refractivity contribution is 1.48. The molecule has 0 aromatic heterocycles. The van der Waals surface area contributed by atoms with Crippen LogP contribution in [0.25, 0.3) is 0 Å². The van der Waals surface area contributed by atoms with Crippen LogP contribution >= 0.6 is 0 Å². The second kappa shape index (κ2) is 15.4. The molecule has 8 aromatic carbocycles. The third-order valence-corrected chi connectivity index (χ3v) is 20.4. The third-order valence-electron chi connectivity index (χ3n) is 10.8. The van der Waals surface area contributed by atoms with E-state index in [-0.39, 0.29) is 0 Å². The molecule has 0 nitrogen and oxygen atoms in total. The summed E-state index contributed by atoms with van der Waals surface area (Å²) in [6.45, 7) is 4.32. The second-order valence-corrected chi connectivity index (χ2v) is 21.7. The van der Waals surface area contributed by atoms with Gasteiger partial charge in [0, 0.05) is 11.1 Å². The minimum atomic E-state index is -2.59. The van der Waals surface area contributed by atoms with Gasteiger partial charge in [0.05, 0.1) is 0 Å². The zero-order chi connectivity index (χ0) is 36.8. The molecule has 0 N–H and O–H groups in total. The van der Waals surface area contributed by atoms with Crippen molar-refractivity contribution in [2.75, 3.05) is 0 Å². The fourth-order valence-corrected chi connectivity index (χ4v) is 17.5. The van der Waals surface area contributed by atoms with Gasteiger partial charge in [-0.15, -0.1) is 0 Å². The molecule has 2 heteroatoms. The van der Waals surface area contributed by atoms with E-state index in [1.165, 1.54) is 52.6 Å². The standard InChI is InChI=1S/C52H42Si2/c1-41-23-33-49(34-24-41)53(45-15-7-3-8-16-45,46-17-9-4-10-18-46)51-37-29-43(30-38-51)27-28-44-31-39-52(40-32-44)54(47-19-11-5-12-20-47,48-21-13-6-14-22-48)50-35-25-42(2)26-36-50/h3-26,29-40H,1-2H3. The van der Waals surface area contributed by atoms with E-state index >= 15 is 0 Å². The van der Waals surface area contributed by atoms with E-state index < -0.39 is 16.1 Å². The van der Waals surface area contributed by atoms with Crippen LogP contribution in [0.2, 0.25) is 0 Å². The fraction of sp³-hybridized carbons (Fsp3) is 0.0385. The normalized spacial score (nSPS) is 11.4. The Hall–Kier alpha value is -6.25. The van der Waals surface area contributed by atoms with Crippen LogP contribution in [0.15, 0.2) is 218 Å². The van der Waals surface area contributed by atoms with Crippen molar-refractivity contribution in [1.29, 1.82) is 0 Å². The first-order valence-electron chi connectivity index (χ1n) is 18.7. The molecule has 258 valence electrons. The molecular formula is C52H42Si2. The molecule has 8 rings (SSSR count). The quantitative estimate of drug-likeness (QED) is 0.0961. The van der Waals surface area contributed by atoms with Gasteiger partial charge in [-0.1, -0.05) is 217 Å². The molecule has 0 radical (unpaired) electrons. The molecule has 0 heterocycles. The summed E-state index contributed by atoms with van der Waals surface area (Å²) in [5, 5.41) is 10.9. The SMILES string of the molecule is Cc1ccc([Si](c2ccccc2)(c2ccccc2)c2ccc(C#Cc3ccc([Si](c4ccccc4)(c4ccccc4)c4ccc(C)cc4)cc3)cc2)cc1. The van der Waals surface area contributed by atoms with Crippen molar-refractivity contribution >= 4 is 57.6 Å². The number of hydrogen-bond acceptors (Lipinski definition) is 0. The molecule has 0 saturated carbocycles. The summed E-state index contributed by atoms with van der Waals surface area (Å²) in [5.41, 5.74) is 4.55. The van der Waals surface area contributed by atoms with Gasteiger partial charge in [-0.3, -0.25) is 0 Å². The molecule has 0 atom stereocenters. The van der Waals surface area contributed by atoms with Gasteiger partial charge in [0.15, 0.2) is 16.1 Å². The van der Waals surface area contributed by atoms with Gasteiger partial charge in [-0.05, 0) is 79.6 Å². The van der Waals surface area contributed by atoms with Crippen LogP contribution in [0.3, 0.4) is 0 Å². The van der Waals surface area contributed by atoms with Crippen molar-refractivity contribution in [2.45, 2.75) is 13.8 Å². The smallest absolute Gasteiger partial charge is 0.0623 e. The summed E-state index contributed by atoms with van der Waals surface area (Å²) >= 11 is 0. The Morgan fingerprint density at radius 3 is 0.685 bits per heavy atom. The molecule has 0 fully saturated rings. The van der Waals surface area contributed by atoms with E-state index in [2.05, 4.69) is 244 Å². The molecule has 8 aromatic rings. The maximum Gasteiger partial charge on any atom is 0.179 e. The lowest BCUT2D eigenvalue weighted by Crippen LogP contribution is -2.74. The number of aryl methyl sites for hydroxylation is 2. The first-order chi connectivity index (χ1) is 26.6. The van der Waals surface area contributed by atoms with Crippen molar-refractivity contribution in [3.8, 4) is 11.8 Å². The van der Waals surface area contributed by atoms with Crippen LogP contribution in [0.4, 0.5) is 0 Å². The van der Waals surface area contributed by atoms with Gasteiger partial charge in [0.1, 0.15) is 0 Å². The third kappa shape index (κ3) is 6.50. The topological polar surface area (TPSA) is 0 Å². The molecular weight excluding hydrogens is 681 g/mol. The van der Waals surface area contributed by atoms with E-state index in [1.807, 2.05) is 0 Å². The number of benzene rings is 8. The number of hydrogen-bond donors (Lipinski definition) is 0. The summed E-state index contributed by atoms with van der Waals surface area (Å²) in [4.78, 5) is 0. The molecule has 0 unspecified atom stereocenters. The Kier molecular flexibility index (Phi) is 9.92. The van der Waals surface area contributed by atoms with Crippen molar-refractivity contribution in [2.24, 2.45) is 0 Å². The van der Waals surface area contributed by atoms with E-state index in [0.29, 0.717) is 0 Å². The predicted octanol–water partition coefficient (Wildman–Crippen LogP) is 6.46. The van der Waals surface area contributed by atoms with Crippen LogP contribution < -0.4 is 41.5 Å². The Bertz CT molecular complexity index is 2240. The lowest BCUT2D eigenvalue weighted by atomic mass is 10.2. The largest absolute Gasteiger partial charge is 0.179 e. The van der Waals surface area contributed by atoms with Gasteiger partial charge in [-0.25, -0.2) is 0 Å². The van der Waals surface area contributed by atoms with Crippen LogP contribution in [0.1, 0.15) is 22.3 Å². The van der Waals surface area contributed by atoms with Crippen molar-refractivity contribution in [3.05, 3.63) is 241 Å². The minimum absolute atomic E-state index is 1.01.